The van der Waals surface area contributed by atoms with Crippen LogP contribution in [0.3, 0.4) is 0 Å². The van der Waals surface area contributed by atoms with E-state index in [9.17, 15) is 14.7 Å². The maximum atomic E-state index is 11.2. The van der Waals surface area contributed by atoms with Crippen molar-refractivity contribution >= 4 is 18.1 Å². The van der Waals surface area contributed by atoms with Crippen LogP contribution in [-0.2, 0) is 12.8 Å². The molecule has 0 spiro atoms. The Balaban J connectivity index is 1.85. The third-order valence-corrected chi connectivity index (χ3v) is 3.80. The SMILES string of the molecule is O=Cc1ccc(Cc2ccc3c(c2)N(C(=O)O)CC3)cc1. The van der Waals surface area contributed by atoms with E-state index in [1.807, 2.05) is 30.3 Å². The van der Waals surface area contributed by atoms with Crippen molar-refractivity contribution < 1.29 is 14.7 Å². The van der Waals surface area contributed by atoms with Gasteiger partial charge in [-0.05, 0) is 35.6 Å². The molecule has 2 aromatic carbocycles. The molecule has 2 aromatic rings. The number of hydrogen-bond acceptors (Lipinski definition) is 2. The molecule has 1 N–H and O–H groups in total. The minimum atomic E-state index is -0.902. The summed E-state index contributed by atoms with van der Waals surface area (Å²) in [5.74, 6) is 0. The average molecular weight is 281 g/mol. The monoisotopic (exact) mass is 281 g/mol. The van der Waals surface area contributed by atoms with Gasteiger partial charge in [0, 0.05) is 12.1 Å². The number of fused-ring (bicyclic) bond motifs is 1. The molecule has 4 heteroatoms. The number of hydrogen-bond donors (Lipinski definition) is 1. The van der Waals surface area contributed by atoms with Gasteiger partial charge in [-0.25, -0.2) is 4.79 Å². The molecular formula is C17H15NO3. The first-order valence-electron chi connectivity index (χ1n) is 6.84. The fraction of sp³-hybridized carbons (Fsp3) is 0.176. The fourth-order valence-corrected chi connectivity index (χ4v) is 2.68. The first-order chi connectivity index (χ1) is 10.2. The molecule has 4 nitrogen and oxygen atoms in total. The van der Waals surface area contributed by atoms with Gasteiger partial charge in [-0.2, -0.15) is 0 Å². The molecule has 1 aliphatic heterocycles. The standard InChI is InChI=1S/C17H15NO3/c19-11-13-3-1-12(2-4-13)9-14-5-6-15-7-8-18(17(20)21)16(15)10-14/h1-6,10-11H,7-9H2,(H,20,21). The lowest BCUT2D eigenvalue weighted by Crippen LogP contribution is -2.26. The van der Waals surface area contributed by atoms with Crippen molar-refractivity contribution in [3.05, 3.63) is 64.7 Å². The minimum Gasteiger partial charge on any atom is -0.465 e. The summed E-state index contributed by atoms with van der Waals surface area (Å²) in [5.41, 5.74) is 4.70. The number of carbonyl (C=O) groups is 2. The van der Waals surface area contributed by atoms with Gasteiger partial charge in [-0.1, -0.05) is 36.4 Å². The van der Waals surface area contributed by atoms with Crippen LogP contribution in [-0.4, -0.2) is 24.0 Å². The van der Waals surface area contributed by atoms with Crippen LogP contribution in [0.25, 0.3) is 0 Å². The predicted octanol–water partition coefficient (Wildman–Crippen LogP) is 3.13. The van der Waals surface area contributed by atoms with Crippen molar-refractivity contribution in [2.24, 2.45) is 0 Å². The molecule has 0 saturated carbocycles. The second-order valence-electron chi connectivity index (χ2n) is 5.18. The highest BCUT2D eigenvalue weighted by molar-refractivity contribution is 5.89. The molecule has 0 radical (unpaired) electrons. The van der Waals surface area contributed by atoms with Gasteiger partial charge in [0.2, 0.25) is 0 Å². The summed E-state index contributed by atoms with van der Waals surface area (Å²) in [7, 11) is 0. The minimum absolute atomic E-state index is 0.530. The Kier molecular flexibility index (Phi) is 3.44. The van der Waals surface area contributed by atoms with E-state index in [1.54, 1.807) is 12.1 Å². The van der Waals surface area contributed by atoms with Gasteiger partial charge in [0.1, 0.15) is 6.29 Å². The summed E-state index contributed by atoms with van der Waals surface area (Å²) in [6.07, 6.45) is 1.42. The molecule has 0 bridgehead atoms. The van der Waals surface area contributed by atoms with Crippen LogP contribution in [0.4, 0.5) is 10.5 Å². The second-order valence-corrected chi connectivity index (χ2v) is 5.18. The molecule has 1 amide bonds. The summed E-state index contributed by atoms with van der Waals surface area (Å²) in [4.78, 5) is 23.2. The van der Waals surface area contributed by atoms with E-state index in [1.165, 1.54) is 4.90 Å². The first kappa shape index (κ1) is 13.4. The van der Waals surface area contributed by atoms with Crippen molar-refractivity contribution in [2.45, 2.75) is 12.8 Å². The van der Waals surface area contributed by atoms with Gasteiger partial charge in [0.25, 0.3) is 0 Å². The van der Waals surface area contributed by atoms with E-state index in [0.29, 0.717) is 12.1 Å². The van der Waals surface area contributed by atoms with Crippen LogP contribution in [0.1, 0.15) is 27.0 Å². The van der Waals surface area contributed by atoms with Gasteiger partial charge in [0.05, 0.1) is 5.69 Å². The average Bonchev–Trinajstić information content (AvgIpc) is 2.91. The molecule has 0 atom stereocenters. The van der Waals surface area contributed by atoms with Gasteiger partial charge in [-0.3, -0.25) is 9.69 Å². The Labute approximate surface area is 122 Å². The zero-order valence-electron chi connectivity index (χ0n) is 11.5. The Morgan fingerprint density at radius 3 is 2.52 bits per heavy atom. The van der Waals surface area contributed by atoms with E-state index >= 15 is 0 Å². The highest BCUT2D eigenvalue weighted by Gasteiger charge is 2.24. The Hall–Kier alpha value is -2.62. The van der Waals surface area contributed by atoms with Crippen LogP contribution in [0.15, 0.2) is 42.5 Å². The molecule has 1 aliphatic rings. The molecule has 3 rings (SSSR count). The molecule has 1 heterocycles. The predicted molar refractivity (Wildman–Crippen MR) is 80.2 cm³/mol. The number of anilines is 1. The van der Waals surface area contributed by atoms with Crippen LogP contribution < -0.4 is 4.90 Å². The van der Waals surface area contributed by atoms with Crippen LogP contribution in [0.5, 0.6) is 0 Å². The number of nitrogens with zero attached hydrogens (tertiary/aromatic N) is 1. The summed E-state index contributed by atoms with van der Waals surface area (Å²) in [6, 6.07) is 13.4. The van der Waals surface area contributed by atoms with Crippen molar-refractivity contribution in [3.8, 4) is 0 Å². The van der Waals surface area contributed by atoms with E-state index in [0.717, 1.165) is 41.5 Å². The number of benzene rings is 2. The second kappa shape index (κ2) is 5.40. The lowest BCUT2D eigenvalue weighted by Gasteiger charge is -2.13. The summed E-state index contributed by atoms with van der Waals surface area (Å²) in [6.45, 7) is 0.530. The maximum absolute atomic E-state index is 11.2. The van der Waals surface area contributed by atoms with E-state index in [-0.39, 0.29) is 0 Å². The number of carbonyl (C=O) groups excluding carboxylic acids is 1. The van der Waals surface area contributed by atoms with Crippen molar-refractivity contribution in [1.29, 1.82) is 0 Å². The third-order valence-electron chi connectivity index (χ3n) is 3.80. The Morgan fingerprint density at radius 2 is 1.86 bits per heavy atom. The van der Waals surface area contributed by atoms with Crippen molar-refractivity contribution in [3.63, 3.8) is 0 Å². The summed E-state index contributed by atoms with van der Waals surface area (Å²) >= 11 is 0. The van der Waals surface area contributed by atoms with Gasteiger partial charge in [0.15, 0.2) is 0 Å². The normalized spacial score (nSPS) is 13.0. The molecule has 0 fully saturated rings. The lowest BCUT2D eigenvalue weighted by molar-refractivity contribution is 0.112. The molecular weight excluding hydrogens is 266 g/mol. The fourth-order valence-electron chi connectivity index (χ4n) is 2.68. The largest absolute Gasteiger partial charge is 0.465 e. The molecule has 106 valence electrons. The molecule has 0 aromatic heterocycles. The summed E-state index contributed by atoms with van der Waals surface area (Å²) < 4.78 is 0. The molecule has 0 unspecified atom stereocenters. The number of rotatable bonds is 3. The van der Waals surface area contributed by atoms with Gasteiger partial charge < -0.3 is 5.11 Å². The molecule has 0 aliphatic carbocycles. The lowest BCUT2D eigenvalue weighted by atomic mass is 10.0. The van der Waals surface area contributed by atoms with E-state index < -0.39 is 6.09 Å². The third kappa shape index (κ3) is 2.65. The Bertz CT molecular complexity index is 692. The summed E-state index contributed by atoms with van der Waals surface area (Å²) in [5, 5.41) is 9.19. The molecule has 21 heavy (non-hydrogen) atoms. The van der Waals surface area contributed by atoms with Gasteiger partial charge in [-0.15, -0.1) is 0 Å². The zero-order valence-corrected chi connectivity index (χ0v) is 11.5. The number of carboxylic acid groups (broad SMARTS) is 1. The highest BCUT2D eigenvalue weighted by Crippen LogP contribution is 2.29. The topological polar surface area (TPSA) is 57.6 Å². The quantitative estimate of drug-likeness (QED) is 0.879. The zero-order chi connectivity index (χ0) is 14.8. The molecule has 0 saturated heterocycles. The van der Waals surface area contributed by atoms with Crippen LogP contribution in [0, 0.1) is 0 Å². The maximum Gasteiger partial charge on any atom is 0.411 e. The Morgan fingerprint density at radius 1 is 1.14 bits per heavy atom. The van der Waals surface area contributed by atoms with E-state index in [4.69, 9.17) is 0 Å². The van der Waals surface area contributed by atoms with Crippen molar-refractivity contribution in [2.75, 3.05) is 11.4 Å². The highest BCUT2D eigenvalue weighted by atomic mass is 16.4. The van der Waals surface area contributed by atoms with Crippen molar-refractivity contribution in [1.82, 2.24) is 0 Å². The van der Waals surface area contributed by atoms with E-state index in [2.05, 4.69) is 0 Å². The van der Waals surface area contributed by atoms with Crippen LogP contribution >= 0.6 is 0 Å². The first-order valence-corrected chi connectivity index (χ1v) is 6.84. The van der Waals surface area contributed by atoms with Gasteiger partial charge >= 0.3 is 6.09 Å². The van der Waals surface area contributed by atoms with Crippen LogP contribution in [0.2, 0.25) is 0 Å². The smallest absolute Gasteiger partial charge is 0.411 e. The number of amides is 1. The number of aldehydes is 1.